The Balaban J connectivity index is 2.95. The van der Waals surface area contributed by atoms with E-state index in [2.05, 4.69) is 5.32 Å². The van der Waals surface area contributed by atoms with Gasteiger partial charge >= 0.3 is 5.97 Å². The zero-order chi connectivity index (χ0) is 17.4. The molecule has 1 atom stereocenters. The molecule has 9 heteroatoms. The summed E-state index contributed by atoms with van der Waals surface area (Å²) < 4.78 is 9.98. The number of nitro benzene ring substituents is 1. The largest absolute Gasteiger partial charge is 0.496 e. The van der Waals surface area contributed by atoms with Crippen LogP contribution in [0.3, 0.4) is 0 Å². The van der Waals surface area contributed by atoms with Crippen molar-refractivity contribution in [3.63, 3.8) is 0 Å². The number of methoxy groups -OCH3 is 1. The molecule has 126 valence electrons. The Morgan fingerprint density at radius 3 is 2.65 bits per heavy atom. The van der Waals surface area contributed by atoms with E-state index >= 15 is 0 Å². The molecule has 1 aromatic carbocycles. The minimum absolute atomic E-state index is 0.155. The topological polar surface area (TPSA) is 128 Å². The number of rotatable bonds is 9. The molecule has 2 N–H and O–H groups in total. The van der Waals surface area contributed by atoms with E-state index in [1.54, 1.807) is 6.92 Å². The van der Waals surface area contributed by atoms with Crippen LogP contribution < -0.4 is 10.1 Å². The van der Waals surface area contributed by atoms with Gasteiger partial charge in [-0.15, -0.1) is 0 Å². The third-order valence-electron chi connectivity index (χ3n) is 2.97. The molecule has 0 fully saturated rings. The quantitative estimate of drug-likeness (QED) is 0.506. The van der Waals surface area contributed by atoms with Gasteiger partial charge in [-0.3, -0.25) is 14.9 Å². The van der Waals surface area contributed by atoms with Crippen LogP contribution >= 0.6 is 0 Å². The molecule has 0 aliphatic rings. The highest BCUT2D eigenvalue weighted by atomic mass is 16.6. The maximum atomic E-state index is 11.6. The van der Waals surface area contributed by atoms with Gasteiger partial charge in [0.05, 0.1) is 12.0 Å². The number of aliphatic carboxylic acids is 1. The fraction of sp³-hybridized carbons (Fsp3) is 0.429. The van der Waals surface area contributed by atoms with E-state index in [9.17, 15) is 24.8 Å². The Hall–Kier alpha value is -2.68. The molecule has 1 rings (SSSR count). The molecule has 0 bridgehead atoms. The fourth-order valence-corrected chi connectivity index (χ4v) is 1.89. The van der Waals surface area contributed by atoms with Crippen molar-refractivity contribution in [2.45, 2.75) is 19.4 Å². The molecule has 1 amide bonds. The number of nitrogens with zero attached hydrogens (tertiary/aromatic N) is 1. The minimum atomic E-state index is -1.26. The molecule has 0 heterocycles. The summed E-state index contributed by atoms with van der Waals surface area (Å²) in [5.74, 6) is -1.53. The van der Waals surface area contributed by atoms with Gasteiger partial charge in [-0.25, -0.2) is 4.79 Å². The van der Waals surface area contributed by atoms with Crippen molar-refractivity contribution in [2.75, 3.05) is 20.3 Å². The predicted octanol–water partition coefficient (Wildman–Crippen LogP) is 0.752. The van der Waals surface area contributed by atoms with Crippen LogP contribution in [0.25, 0.3) is 0 Å². The molecule has 1 aromatic rings. The van der Waals surface area contributed by atoms with Gasteiger partial charge in [-0.1, -0.05) is 0 Å². The van der Waals surface area contributed by atoms with Crippen LogP contribution in [0.1, 0.15) is 12.5 Å². The molecule has 0 aliphatic heterocycles. The molecule has 9 nitrogen and oxygen atoms in total. The molecule has 23 heavy (non-hydrogen) atoms. The van der Waals surface area contributed by atoms with Gasteiger partial charge < -0.3 is 19.9 Å². The molecule has 0 unspecified atom stereocenters. The molecule has 0 saturated heterocycles. The second-order valence-corrected chi connectivity index (χ2v) is 4.55. The predicted molar refractivity (Wildman–Crippen MR) is 79.4 cm³/mol. The average molecular weight is 326 g/mol. The molecule has 0 saturated carbocycles. The van der Waals surface area contributed by atoms with E-state index in [1.807, 2.05) is 0 Å². The van der Waals surface area contributed by atoms with E-state index in [0.717, 1.165) is 0 Å². The summed E-state index contributed by atoms with van der Waals surface area (Å²) in [6, 6.07) is 2.61. The zero-order valence-corrected chi connectivity index (χ0v) is 12.8. The van der Waals surface area contributed by atoms with Gasteiger partial charge in [-0.2, -0.15) is 0 Å². The Morgan fingerprint density at radius 2 is 2.13 bits per heavy atom. The number of carboxylic acids is 1. The van der Waals surface area contributed by atoms with Crippen molar-refractivity contribution < 1.29 is 29.1 Å². The molecular formula is C14H18N2O7. The number of nitrogens with one attached hydrogen (secondary N) is 1. The highest BCUT2D eigenvalue weighted by Crippen LogP contribution is 2.25. The van der Waals surface area contributed by atoms with Gasteiger partial charge in [0, 0.05) is 30.7 Å². The molecule has 0 aromatic heterocycles. The summed E-state index contributed by atoms with van der Waals surface area (Å²) in [5.41, 5.74) is 0.122. The highest BCUT2D eigenvalue weighted by Gasteiger charge is 2.23. The molecular weight excluding hydrogens is 308 g/mol. The first kappa shape index (κ1) is 18.4. The zero-order valence-electron chi connectivity index (χ0n) is 12.8. The number of benzene rings is 1. The summed E-state index contributed by atoms with van der Waals surface area (Å²) in [7, 11) is 1.37. The summed E-state index contributed by atoms with van der Waals surface area (Å²) >= 11 is 0. The number of non-ortho nitro benzene ring substituents is 1. The van der Waals surface area contributed by atoms with Gasteiger partial charge in [-0.05, 0) is 13.0 Å². The number of amides is 1. The summed E-state index contributed by atoms with van der Waals surface area (Å²) in [6.45, 7) is 1.77. The van der Waals surface area contributed by atoms with Crippen molar-refractivity contribution in [3.8, 4) is 5.75 Å². The number of carbonyl (C=O) groups excluding carboxylic acids is 1. The Morgan fingerprint density at radius 1 is 1.43 bits per heavy atom. The van der Waals surface area contributed by atoms with Crippen LogP contribution in [-0.2, 0) is 20.7 Å². The van der Waals surface area contributed by atoms with E-state index in [-0.39, 0.29) is 18.7 Å². The van der Waals surface area contributed by atoms with Gasteiger partial charge in [0.25, 0.3) is 5.69 Å². The Kier molecular flexibility index (Phi) is 6.94. The van der Waals surface area contributed by atoms with Crippen LogP contribution in [0.4, 0.5) is 5.69 Å². The van der Waals surface area contributed by atoms with E-state index in [4.69, 9.17) is 9.47 Å². The summed E-state index contributed by atoms with van der Waals surface area (Å²) in [5, 5.41) is 22.4. The first-order chi connectivity index (χ1) is 10.9. The summed E-state index contributed by atoms with van der Waals surface area (Å²) in [4.78, 5) is 33.1. The lowest BCUT2D eigenvalue weighted by Gasteiger charge is -2.16. The SMILES string of the molecule is CCOCC(=O)N[C@H](Cc1cc([N+](=O)[O-])ccc1OC)C(=O)O. The molecule has 0 spiro atoms. The second-order valence-electron chi connectivity index (χ2n) is 4.55. The van der Waals surface area contributed by atoms with Crippen molar-refractivity contribution in [1.29, 1.82) is 0 Å². The van der Waals surface area contributed by atoms with E-state index in [0.29, 0.717) is 17.9 Å². The normalized spacial score (nSPS) is 11.6. The minimum Gasteiger partial charge on any atom is -0.496 e. The van der Waals surface area contributed by atoms with Gasteiger partial charge in [0.2, 0.25) is 5.91 Å². The molecule has 0 radical (unpaired) electrons. The monoisotopic (exact) mass is 326 g/mol. The van der Waals surface area contributed by atoms with Crippen LogP contribution in [0.2, 0.25) is 0 Å². The third kappa shape index (κ3) is 5.55. The average Bonchev–Trinajstić information content (AvgIpc) is 2.51. The fourth-order valence-electron chi connectivity index (χ4n) is 1.89. The first-order valence-electron chi connectivity index (χ1n) is 6.80. The maximum Gasteiger partial charge on any atom is 0.326 e. The number of nitro groups is 1. The smallest absolute Gasteiger partial charge is 0.326 e. The second kappa shape index (κ2) is 8.69. The lowest BCUT2D eigenvalue weighted by atomic mass is 10.0. The Bertz CT molecular complexity index is 588. The lowest BCUT2D eigenvalue weighted by Crippen LogP contribution is -2.43. The Labute approximate surface area is 132 Å². The van der Waals surface area contributed by atoms with Crippen LogP contribution in [0, 0.1) is 10.1 Å². The number of hydrogen-bond acceptors (Lipinski definition) is 6. The standard InChI is InChI=1S/C14H18N2O7/c1-3-23-8-13(17)15-11(14(18)19)7-9-6-10(16(20)21)4-5-12(9)22-2/h4-6,11H,3,7-8H2,1-2H3,(H,15,17)(H,18,19)/t11-/m1/s1. The van der Waals surface area contributed by atoms with Crippen LogP contribution in [0.5, 0.6) is 5.75 Å². The third-order valence-corrected chi connectivity index (χ3v) is 2.97. The number of ether oxygens (including phenoxy) is 2. The number of carbonyl (C=O) groups is 2. The van der Waals surface area contributed by atoms with Crippen molar-refractivity contribution in [3.05, 3.63) is 33.9 Å². The highest BCUT2D eigenvalue weighted by molar-refractivity contribution is 5.84. The van der Waals surface area contributed by atoms with Gasteiger partial charge in [0.15, 0.2) is 0 Å². The van der Waals surface area contributed by atoms with Crippen LogP contribution in [0.15, 0.2) is 18.2 Å². The number of hydrogen-bond donors (Lipinski definition) is 2. The van der Waals surface area contributed by atoms with Crippen molar-refractivity contribution in [2.24, 2.45) is 0 Å². The summed E-state index contributed by atoms with van der Waals surface area (Å²) in [6.07, 6.45) is -0.155. The maximum absolute atomic E-state index is 11.6. The van der Waals surface area contributed by atoms with Crippen molar-refractivity contribution in [1.82, 2.24) is 5.32 Å². The first-order valence-corrected chi connectivity index (χ1v) is 6.80. The number of carboxylic acid groups (broad SMARTS) is 1. The van der Waals surface area contributed by atoms with Crippen molar-refractivity contribution >= 4 is 17.6 Å². The molecule has 0 aliphatic carbocycles. The van der Waals surface area contributed by atoms with E-state index < -0.39 is 22.8 Å². The van der Waals surface area contributed by atoms with Gasteiger partial charge in [0.1, 0.15) is 18.4 Å². The van der Waals surface area contributed by atoms with E-state index in [1.165, 1.54) is 25.3 Å². The van der Waals surface area contributed by atoms with Crippen LogP contribution in [-0.4, -0.2) is 48.3 Å². The lowest BCUT2D eigenvalue weighted by molar-refractivity contribution is -0.384.